The van der Waals surface area contributed by atoms with Gasteiger partial charge in [0, 0.05) is 31.3 Å². The van der Waals surface area contributed by atoms with Crippen LogP contribution in [-0.4, -0.2) is 43.0 Å². The number of pyridine rings is 1. The molecule has 0 bridgehead atoms. The molecule has 1 fully saturated rings. The molecule has 1 saturated heterocycles. The molecule has 3 N–H and O–H groups in total. The van der Waals surface area contributed by atoms with Gasteiger partial charge in [0.25, 0.3) is 0 Å². The van der Waals surface area contributed by atoms with Crippen LogP contribution in [0.15, 0.2) is 12.3 Å². The number of piperidine rings is 1. The summed E-state index contributed by atoms with van der Waals surface area (Å²) in [7, 11) is 3.24. The van der Waals surface area contributed by atoms with Crippen LogP contribution in [-0.2, 0) is 6.54 Å². The molecular weight excluding hydrogens is 256 g/mol. The molecule has 0 amide bonds. The number of methoxy groups -OCH3 is 2. The first-order valence-electron chi connectivity index (χ1n) is 6.77. The Kier molecular flexibility index (Phi) is 4.79. The van der Waals surface area contributed by atoms with Gasteiger partial charge in [-0.2, -0.15) is 0 Å². The van der Waals surface area contributed by atoms with Crippen LogP contribution in [0.3, 0.4) is 0 Å². The summed E-state index contributed by atoms with van der Waals surface area (Å²) in [4.78, 5) is 6.65. The molecule has 1 aliphatic rings. The number of hydrogen-bond acceptors (Lipinski definition) is 5. The molecule has 1 aromatic rings. The Hall–Kier alpha value is -1.82. The number of rotatable bonds is 5. The number of likely N-dealkylation sites (tertiary alicyclic amines) is 1. The zero-order valence-electron chi connectivity index (χ0n) is 12.1. The topological polar surface area (TPSA) is 84.5 Å². The normalized spacial score (nSPS) is 19.6. The van der Waals surface area contributed by atoms with Crippen molar-refractivity contribution < 1.29 is 9.47 Å². The van der Waals surface area contributed by atoms with Crippen molar-refractivity contribution in [2.45, 2.75) is 19.4 Å². The molecule has 0 saturated carbocycles. The van der Waals surface area contributed by atoms with Gasteiger partial charge in [0.05, 0.1) is 20.1 Å². The lowest BCUT2D eigenvalue weighted by Crippen LogP contribution is -2.40. The molecule has 1 aliphatic heterocycles. The second-order valence-electron chi connectivity index (χ2n) is 5.02. The second kappa shape index (κ2) is 6.56. The van der Waals surface area contributed by atoms with Crippen molar-refractivity contribution in [3.63, 3.8) is 0 Å². The predicted octanol–water partition coefficient (Wildman–Crippen LogP) is 1.25. The quantitative estimate of drug-likeness (QED) is 0.625. The molecule has 0 aromatic carbocycles. The van der Waals surface area contributed by atoms with Crippen LogP contribution in [0.25, 0.3) is 0 Å². The van der Waals surface area contributed by atoms with Crippen LogP contribution < -0.4 is 15.2 Å². The van der Waals surface area contributed by atoms with Gasteiger partial charge >= 0.3 is 0 Å². The van der Waals surface area contributed by atoms with Gasteiger partial charge in [-0.25, -0.2) is 0 Å². The first-order valence-corrected chi connectivity index (χ1v) is 6.77. The fourth-order valence-electron chi connectivity index (χ4n) is 2.63. The van der Waals surface area contributed by atoms with Crippen LogP contribution in [0.5, 0.6) is 11.5 Å². The molecule has 6 heteroatoms. The number of nitrogens with two attached hydrogens (primary N) is 1. The van der Waals surface area contributed by atoms with Crippen LogP contribution >= 0.6 is 0 Å². The third-order valence-corrected chi connectivity index (χ3v) is 3.68. The van der Waals surface area contributed by atoms with Gasteiger partial charge in [0.1, 0.15) is 5.69 Å². The first kappa shape index (κ1) is 14.6. The lowest BCUT2D eigenvalue weighted by molar-refractivity contribution is 0.191. The summed E-state index contributed by atoms with van der Waals surface area (Å²) in [6.07, 6.45) is 3.77. The van der Waals surface area contributed by atoms with Gasteiger partial charge in [-0.05, 0) is 19.4 Å². The molecule has 20 heavy (non-hydrogen) atoms. The molecule has 1 atom stereocenters. The Morgan fingerprint density at radius 1 is 1.50 bits per heavy atom. The van der Waals surface area contributed by atoms with Crippen molar-refractivity contribution >= 4 is 5.84 Å². The van der Waals surface area contributed by atoms with Crippen molar-refractivity contribution in [3.05, 3.63) is 18.0 Å². The zero-order valence-corrected chi connectivity index (χ0v) is 12.1. The number of aromatic nitrogens is 1. The van der Waals surface area contributed by atoms with Crippen LogP contribution in [0.2, 0.25) is 0 Å². The van der Waals surface area contributed by atoms with Crippen molar-refractivity contribution in [1.29, 1.82) is 5.41 Å². The summed E-state index contributed by atoms with van der Waals surface area (Å²) in [5, 5.41) is 7.59. The summed E-state index contributed by atoms with van der Waals surface area (Å²) in [5.74, 6) is 1.80. The summed E-state index contributed by atoms with van der Waals surface area (Å²) in [5.41, 5.74) is 6.48. The third-order valence-electron chi connectivity index (χ3n) is 3.68. The van der Waals surface area contributed by atoms with Crippen molar-refractivity contribution in [2.75, 3.05) is 27.3 Å². The van der Waals surface area contributed by atoms with Crippen LogP contribution in [0.4, 0.5) is 0 Å². The van der Waals surface area contributed by atoms with Crippen LogP contribution in [0, 0.1) is 11.3 Å². The first-order chi connectivity index (χ1) is 9.65. The average Bonchev–Trinajstić information content (AvgIpc) is 2.47. The number of ether oxygens (including phenoxy) is 2. The molecule has 6 nitrogen and oxygen atoms in total. The zero-order chi connectivity index (χ0) is 14.5. The lowest BCUT2D eigenvalue weighted by atomic mass is 9.97. The van der Waals surface area contributed by atoms with Gasteiger partial charge in [0.2, 0.25) is 0 Å². The fourth-order valence-corrected chi connectivity index (χ4v) is 2.63. The van der Waals surface area contributed by atoms with Gasteiger partial charge in [-0.3, -0.25) is 15.3 Å². The van der Waals surface area contributed by atoms with E-state index >= 15 is 0 Å². The maximum absolute atomic E-state index is 7.59. The van der Waals surface area contributed by atoms with Crippen molar-refractivity contribution in [2.24, 2.45) is 11.7 Å². The van der Waals surface area contributed by atoms with E-state index in [4.69, 9.17) is 20.6 Å². The monoisotopic (exact) mass is 278 g/mol. The number of nitrogens with zero attached hydrogens (tertiary/aromatic N) is 2. The molecule has 0 spiro atoms. The average molecular weight is 278 g/mol. The second-order valence-corrected chi connectivity index (χ2v) is 5.02. The molecule has 0 aliphatic carbocycles. The van der Waals surface area contributed by atoms with E-state index in [1.807, 2.05) is 0 Å². The molecule has 2 rings (SSSR count). The standard InChI is InChI=1S/C14H22N4O2/c1-19-12-5-6-17-11(13(12)20-2)9-18-7-3-4-10(8-18)14(15)16/h5-6,10H,3-4,7-9H2,1-2H3,(H3,15,16). The number of amidine groups is 1. The maximum atomic E-state index is 7.59. The summed E-state index contributed by atoms with van der Waals surface area (Å²) < 4.78 is 10.7. The SMILES string of the molecule is COc1ccnc(CN2CCCC(C(=N)N)C2)c1OC. The van der Waals surface area contributed by atoms with E-state index in [2.05, 4.69) is 9.88 Å². The van der Waals surface area contributed by atoms with Gasteiger partial charge in [-0.15, -0.1) is 0 Å². The van der Waals surface area contributed by atoms with E-state index in [1.165, 1.54) is 0 Å². The van der Waals surface area contributed by atoms with Crippen molar-refractivity contribution in [3.8, 4) is 11.5 Å². The Balaban J connectivity index is 2.11. The fraction of sp³-hybridized carbons (Fsp3) is 0.571. The van der Waals surface area contributed by atoms with E-state index < -0.39 is 0 Å². The summed E-state index contributed by atoms with van der Waals surface area (Å²) in [6.45, 7) is 2.48. The van der Waals surface area contributed by atoms with Gasteiger partial charge in [-0.1, -0.05) is 0 Å². The largest absolute Gasteiger partial charge is 0.493 e. The molecule has 1 aromatic heterocycles. The number of nitrogens with one attached hydrogen (secondary N) is 1. The molecule has 2 heterocycles. The highest BCUT2D eigenvalue weighted by Gasteiger charge is 2.23. The van der Waals surface area contributed by atoms with Crippen molar-refractivity contribution in [1.82, 2.24) is 9.88 Å². The minimum atomic E-state index is 0.153. The van der Waals surface area contributed by atoms with E-state index in [-0.39, 0.29) is 11.8 Å². The van der Waals surface area contributed by atoms with E-state index in [0.717, 1.165) is 31.6 Å². The molecule has 0 radical (unpaired) electrons. The minimum Gasteiger partial charge on any atom is -0.493 e. The predicted molar refractivity (Wildman–Crippen MR) is 77.3 cm³/mol. The maximum Gasteiger partial charge on any atom is 0.183 e. The summed E-state index contributed by atoms with van der Waals surface area (Å²) in [6, 6.07) is 1.79. The number of hydrogen-bond donors (Lipinski definition) is 2. The molecule has 1 unspecified atom stereocenters. The van der Waals surface area contributed by atoms with E-state index in [9.17, 15) is 0 Å². The highest BCUT2D eigenvalue weighted by molar-refractivity contribution is 5.79. The van der Waals surface area contributed by atoms with E-state index in [1.54, 1.807) is 26.5 Å². The Bertz CT molecular complexity index is 478. The molecule has 110 valence electrons. The minimum absolute atomic E-state index is 0.153. The highest BCUT2D eigenvalue weighted by atomic mass is 16.5. The smallest absolute Gasteiger partial charge is 0.183 e. The Morgan fingerprint density at radius 2 is 2.30 bits per heavy atom. The van der Waals surface area contributed by atoms with Crippen LogP contribution in [0.1, 0.15) is 18.5 Å². The highest BCUT2D eigenvalue weighted by Crippen LogP contribution is 2.30. The lowest BCUT2D eigenvalue weighted by Gasteiger charge is -2.32. The Labute approximate surface area is 119 Å². The summed E-state index contributed by atoms with van der Waals surface area (Å²) >= 11 is 0. The van der Waals surface area contributed by atoms with Gasteiger partial charge in [0.15, 0.2) is 11.5 Å². The molecular formula is C14H22N4O2. The third kappa shape index (κ3) is 3.19. The van der Waals surface area contributed by atoms with E-state index in [0.29, 0.717) is 18.0 Å². The van der Waals surface area contributed by atoms with Gasteiger partial charge < -0.3 is 15.2 Å². The Morgan fingerprint density at radius 3 is 2.95 bits per heavy atom.